The highest BCUT2D eigenvalue weighted by molar-refractivity contribution is 6.08. The van der Waals surface area contributed by atoms with Crippen LogP contribution in [0, 0.1) is 6.92 Å². The minimum atomic E-state index is -0.996. The summed E-state index contributed by atoms with van der Waals surface area (Å²) in [6.45, 7) is 1.83. The average molecular weight is 366 g/mol. The van der Waals surface area contributed by atoms with Crippen molar-refractivity contribution >= 4 is 11.9 Å². The lowest BCUT2D eigenvalue weighted by atomic mass is 9.92. The number of nitrogens with one attached hydrogen (secondary N) is 1. The summed E-state index contributed by atoms with van der Waals surface area (Å²) in [5.74, 6) is 0.377. The fourth-order valence-electron chi connectivity index (χ4n) is 3.92. The Labute approximate surface area is 157 Å². The molecule has 0 aromatic heterocycles. The SMILES string of the molecule is Cc1ccccc1OC[C@@H](O)CN1C(=O)N[C@@]2(CCc3ccccc32)C1=O. The van der Waals surface area contributed by atoms with Crippen molar-refractivity contribution in [1.82, 2.24) is 10.2 Å². The van der Waals surface area contributed by atoms with E-state index in [2.05, 4.69) is 5.32 Å². The van der Waals surface area contributed by atoms with E-state index in [1.54, 1.807) is 0 Å². The number of para-hydroxylation sites is 1. The molecule has 0 unspecified atom stereocenters. The first-order chi connectivity index (χ1) is 13.0. The highest BCUT2D eigenvalue weighted by Gasteiger charge is 2.55. The highest BCUT2D eigenvalue weighted by atomic mass is 16.5. The summed E-state index contributed by atoms with van der Waals surface area (Å²) < 4.78 is 5.63. The van der Waals surface area contributed by atoms with Gasteiger partial charge in [0.1, 0.15) is 24.0 Å². The summed E-state index contributed by atoms with van der Waals surface area (Å²) in [6.07, 6.45) is 0.323. The topological polar surface area (TPSA) is 78.9 Å². The van der Waals surface area contributed by atoms with E-state index in [0.29, 0.717) is 12.2 Å². The quantitative estimate of drug-likeness (QED) is 0.795. The smallest absolute Gasteiger partial charge is 0.325 e. The van der Waals surface area contributed by atoms with Crippen LogP contribution in [-0.4, -0.2) is 41.2 Å². The van der Waals surface area contributed by atoms with Gasteiger partial charge in [-0.3, -0.25) is 9.69 Å². The van der Waals surface area contributed by atoms with E-state index >= 15 is 0 Å². The second-order valence-corrected chi connectivity index (χ2v) is 7.14. The lowest BCUT2D eigenvalue weighted by molar-refractivity contribution is -0.132. The molecule has 3 amide bonds. The fraction of sp³-hybridized carbons (Fsp3) is 0.333. The predicted octanol–water partition coefficient (Wildman–Crippen LogP) is 2.13. The zero-order chi connectivity index (χ0) is 19.0. The molecule has 2 aromatic rings. The molecule has 4 rings (SSSR count). The first kappa shape index (κ1) is 17.5. The Morgan fingerprint density at radius 2 is 1.93 bits per heavy atom. The molecule has 1 heterocycles. The van der Waals surface area contributed by atoms with Crippen molar-refractivity contribution in [3.63, 3.8) is 0 Å². The van der Waals surface area contributed by atoms with Crippen molar-refractivity contribution < 1.29 is 19.4 Å². The fourth-order valence-corrected chi connectivity index (χ4v) is 3.92. The van der Waals surface area contributed by atoms with Crippen LogP contribution in [0.15, 0.2) is 48.5 Å². The Hall–Kier alpha value is -2.86. The van der Waals surface area contributed by atoms with Gasteiger partial charge in [-0.05, 0) is 42.5 Å². The van der Waals surface area contributed by atoms with Crippen molar-refractivity contribution in [2.75, 3.05) is 13.2 Å². The average Bonchev–Trinajstić information content (AvgIpc) is 3.15. The van der Waals surface area contributed by atoms with E-state index < -0.39 is 17.7 Å². The molecule has 1 aliphatic heterocycles. The molecule has 1 saturated heterocycles. The summed E-state index contributed by atoms with van der Waals surface area (Å²) >= 11 is 0. The van der Waals surface area contributed by atoms with Crippen LogP contribution in [-0.2, 0) is 16.8 Å². The first-order valence-corrected chi connectivity index (χ1v) is 9.10. The number of aliphatic hydroxyl groups is 1. The van der Waals surface area contributed by atoms with E-state index in [4.69, 9.17) is 4.74 Å². The molecule has 1 aliphatic carbocycles. The number of aliphatic hydroxyl groups excluding tert-OH is 1. The predicted molar refractivity (Wildman–Crippen MR) is 99.4 cm³/mol. The molecule has 2 aliphatic rings. The number of imide groups is 1. The van der Waals surface area contributed by atoms with Crippen molar-refractivity contribution in [3.8, 4) is 5.75 Å². The molecule has 0 radical (unpaired) electrons. The van der Waals surface area contributed by atoms with Crippen LogP contribution in [0.2, 0.25) is 0 Å². The lowest BCUT2D eigenvalue weighted by Crippen LogP contribution is -2.43. The maximum Gasteiger partial charge on any atom is 0.325 e. The third-order valence-corrected chi connectivity index (χ3v) is 5.34. The van der Waals surface area contributed by atoms with Gasteiger partial charge in [-0.25, -0.2) is 4.79 Å². The number of carbonyl (C=O) groups is 2. The van der Waals surface area contributed by atoms with Gasteiger partial charge in [-0.1, -0.05) is 42.5 Å². The zero-order valence-corrected chi connectivity index (χ0v) is 15.1. The maximum atomic E-state index is 13.1. The molecule has 2 atom stereocenters. The summed E-state index contributed by atoms with van der Waals surface area (Å²) in [7, 11) is 0. The van der Waals surface area contributed by atoms with Crippen molar-refractivity contribution in [2.45, 2.75) is 31.4 Å². The van der Waals surface area contributed by atoms with Gasteiger partial charge in [0.25, 0.3) is 5.91 Å². The van der Waals surface area contributed by atoms with Gasteiger partial charge in [0.2, 0.25) is 0 Å². The summed E-state index contributed by atoms with van der Waals surface area (Å²) in [5, 5.41) is 13.2. The number of nitrogens with zero attached hydrogens (tertiary/aromatic N) is 1. The minimum Gasteiger partial charge on any atom is -0.491 e. The molecule has 1 fully saturated rings. The van der Waals surface area contributed by atoms with Gasteiger partial charge in [0, 0.05) is 0 Å². The molecule has 0 saturated carbocycles. The van der Waals surface area contributed by atoms with Gasteiger partial charge in [-0.15, -0.1) is 0 Å². The molecule has 6 nitrogen and oxygen atoms in total. The summed E-state index contributed by atoms with van der Waals surface area (Å²) in [6, 6.07) is 14.7. The Balaban J connectivity index is 1.45. The number of benzene rings is 2. The van der Waals surface area contributed by atoms with Crippen LogP contribution in [0.5, 0.6) is 5.75 Å². The van der Waals surface area contributed by atoms with Crippen LogP contribution in [0.1, 0.15) is 23.1 Å². The molecule has 2 aromatic carbocycles. The van der Waals surface area contributed by atoms with Gasteiger partial charge in [0.15, 0.2) is 0 Å². The number of urea groups is 1. The number of amides is 3. The second kappa shape index (κ2) is 6.70. The van der Waals surface area contributed by atoms with E-state index in [-0.39, 0.29) is 19.1 Å². The lowest BCUT2D eigenvalue weighted by Gasteiger charge is -2.23. The molecule has 2 N–H and O–H groups in total. The van der Waals surface area contributed by atoms with E-state index in [1.165, 1.54) is 0 Å². The maximum absolute atomic E-state index is 13.1. The van der Waals surface area contributed by atoms with E-state index in [0.717, 1.165) is 28.0 Å². The molecular formula is C21H22N2O4. The van der Waals surface area contributed by atoms with Gasteiger partial charge in [-0.2, -0.15) is 0 Å². The molecular weight excluding hydrogens is 344 g/mol. The van der Waals surface area contributed by atoms with E-state index in [1.807, 2.05) is 55.5 Å². The number of fused-ring (bicyclic) bond motifs is 2. The first-order valence-electron chi connectivity index (χ1n) is 9.10. The number of hydrogen-bond acceptors (Lipinski definition) is 4. The van der Waals surface area contributed by atoms with Crippen molar-refractivity contribution in [1.29, 1.82) is 0 Å². The number of β-amino-alcohol motifs (C(OH)–C–C–N with tert-alkyl or cyclic N) is 1. The largest absolute Gasteiger partial charge is 0.491 e. The minimum absolute atomic E-state index is 0.00546. The van der Waals surface area contributed by atoms with Crippen LogP contribution in [0.3, 0.4) is 0 Å². The number of ether oxygens (including phenoxy) is 1. The Bertz CT molecular complexity index is 897. The van der Waals surface area contributed by atoms with E-state index in [9.17, 15) is 14.7 Å². The summed E-state index contributed by atoms with van der Waals surface area (Å²) in [4.78, 5) is 26.6. The normalized spacial score (nSPS) is 22.1. The monoisotopic (exact) mass is 366 g/mol. The standard InChI is InChI=1S/C21H22N2O4/c1-14-6-2-5-9-18(14)27-13-16(24)12-23-19(25)21(22-20(23)26)11-10-15-7-3-4-8-17(15)21/h2-9,16,24H,10-13H2,1H3,(H,22,26)/t16-,21+/m0/s1. The Morgan fingerprint density at radius 1 is 1.19 bits per heavy atom. The van der Waals surface area contributed by atoms with Gasteiger partial charge in [0.05, 0.1) is 6.54 Å². The Morgan fingerprint density at radius 3 is 2.74 bits per heavy atom. The van der Waals surface area contributed by atoms with Gasteiger partial charge >= 0.3 is 6.03 Å². The van der Waals surface area contributed by atoms with Crippen molar-refractivity contribution in [2.24, 2.45) is 0 Å². The number of rotatable bonds is 5. The van der Waals surface area contributed by atoms with Crippen molar-refractivity contribution in [3.05, 3.63) is 65.2 Å². The summed E-state index contributed by atoms with van der Waals surface area (Å²) in [5.41, 5.74) is 1.90. The molecule has 140 valence electrons. The van der Waals surface area contributed by atoms with Crippen LogP contribution in [0.25, 0.3) is 0 Å². The number of carbonyl (C=O) groups excluding carboxylic acids is 2. The van der Waals surface area contributed by atoms with Gasteiger partial charge < -0.3 is 15.2 Å². The zero-order valence-electron chi connectivity index (χ0n) is 15.1. The second-order valence-electron chi connectivity index (χ2n) is 7.14. The highest BCUT2D eigenvalue weighted by Crippen LogP contribution is 2.41. The molecule has 6 heteroatoms. The molecule has 27 heavy (non-hydrogen) atoms. The third-order valence-electron chi connectivity index (χ3n) is 5.34. The number of hydrogen-bond donors (Lipinski definition) is 2. The number of aryl methyl sites for hydroxylation is 2. The molecule has 0 bridgehead atoms. The van der Waals surface area contributed by atoms with Crippen LogP contribution >= 0.6 is 0 Å². The molecule has 1 spiro atoms. The van der Waals surface area contributed by atoms with Crippen LogP contribution < -0.4 is 10.1 Å². The van der Waals surface area contributed by atoms with Crippen LogP contribution in [0.4, 0.5) is 4.79 Å². The Kier molecular flexibility index (Phi) is 4.36. The third kappa shape index (κ3) is 2.96.